The van der Waals surface area contributed by atoms with Crippen LogP contribution in [0.1, 0.15) is 63.8 Å². The summed E-state index contributed by atoms with van der Waals surface area (Å²) in [5, 5.41) is 13.2. The van der Waals surface area contributed by atoms with Gasteiger partial charge in [-0.05, 0) is 5.92 Å². The number of hydrogen-bond donors (Lipinski definition) is 2. The highest BCUT2D eigenvalue weighted by molar-refractivity contribution is 6.33. The third kappa shape index (κ3) is 4.65. The number of carbonyl (C=O) groups is 1. The zero-order chi connectivity index (χ0) is 17.1. The molecule has 6 heteroatoms. The van der Waals surface area contributed by atoms with Crippen LogP contribution in [0.4, 0.5) is 0 Å². The molecule has 0 aromatic carbocycles. The summed E-state index contributed by atoms with van der Waals surface area (Å²) in [5.41, 5.74) is -0.264. The zero-order valence-corrected chi connectivity index (χ0v) is 14.9. The number of aliphatic hydroxyl groups excluding tert-OH is 1. The molecule has 0 saturated heterocycles. The van der Waals surface area contributed by atoms with Gasteiger partial charge < -0.3 is 10.4 Å². The fourth-order valence-electron chi connectivity index (χ4n) is 2.22. The van der Waals surface area contributed by atoms with Crippen LogP contribution < -0.4 is 5.32 Å². The van der Waals surface area contributed by atoms with Gasteiger partial charge in [-0.25, -0.2) is 9.97 Å². The fourth-order valence-corrected chi connectivity index (χ4v) is 2.39. The Morgan fingerprint density at radius 2 is 1.95 bits per heavy atom. The van der Waals surface area contributed by atoms with Crippen LogP contribution in [0.3, 0.4) is 0 Å². The maximum atomic E-state index is 12.3. The molecule has 0 aliphatic rings. The maximum Gasteiger partial charge on any atom is 0.271 e. The highest BCUT2D eigenvalue weighted by atomic mass is 35.5. The molecule has 0 saturated carbocycles. The molecule has 1 rings (SSSR count). The minimum absolute atomic E-state index is 0.113. The molecule has 0 aliphatic heterocycles. The second kappa shape index (κ2) is 7.38. The van der Waals surface area contributed by atoms with Crippen molar-refractivity contribution in [3.05, 3.63) is 22.7 Å². The van der Waals surface area contributed by atoms with E-state index in [0.717, 1.165) is 0 Å². The van der Waals surface area contributed by atoms with Gasteiger partial charge in [-0.15, -0.1) is 0 Å². The van der Waals surface area contributed by atoms with Gasteiger partial charge in [0.15, 0.2) is 0 Å². The Morgan fingerprint density at radius 3 is 2.45 bits per heavy atom. The van der Waals surface area contributed by atoms with Crippen LogP contribution in [0, 0.1) is 11.3 Å². The van der Waals surface area contributed by atoms with Crippen molar-refractivity contribution in [2.75, 3.05) is 6.54 Å². The number of aromatic nitrogens is 2. The first-order valence-corrected chi connectivity index (χ1v) is 7.92. The first-order chi connectivity index (χ1) is 10.1. The van der Waals surface area contributed by atoms with E-state index in [2.05, 4.69) is 15.3 Å². The minimum atomic E-state index is -0.514. The lowest BCUT2D eigenvalue weighted by molar-refractivity contribution is 0.0138. The zero-order valence-electron chi connectivity index (χ0n) is 14.1. The molecule has 0 bridgehead atoms. The van der Waals surface area contributed by atoms with Crippen LogP contribution in [0.15, 0.2) is 6.20 Å². The molecular weight excluding hydrogens is 302 g/mol. The predicted molar refractivity (Wildman–Crippen MR) is 88.1 cm³/mol. The second-order valence-corrected chi connectivity index (χ2v) is 7.35. The van der Waals surface area contributed by atoms with E-state index in [1.54, 1.807) is 0 Å². The molecule has 1 aromatic heterocycles. The number of carbonyl (C=O) groups excluding carboxylic acids is 1. The SMILES string of the molecule is CC(C)c1ncc(Cl)c(C(=O)NCC(C)(C)C(O)C(C)C)n1. The van der Waals surface area contributed by atoms with Gasteiger partial charge in [0, 0.05) is 17.9 Å². The molecule has 0 aliphatic carbocycles. The van der Waals surface area contributed by atoms with E-state index >= 15 is 0 Å². The lowest BCUT2D eigenvalue weighted by Gasteiger charge is -2.33. The van der Waals surface area contributed by atoms with Crippen molar-refractivity contribution in [3.63, 3.8) is 0 Å². The number of amides is 1. The summed E-state index contributed by atoms with van der Waals surface area (Å²) in [7, 11) is 0. The molecule has 124 valence electrons. The Kier molecular flexibility index (Phi) is 6.32. The van der Waals surface area contributed by atoms with Crippen LogP contribution >= 0.6 is 11.6 Å². The summed E-state index contributed by atoms with van der Waals surface area (Å²) in [4.78, 5) is 20.7. The second-order valence-electron chi connectivity index (χ2n) is 6.94. The molecule has 22 heavy (non-hydrogen) atoms. The Hall–Kier alpha value is -1.20. The summed E-state index contributed by atoms with van der Waals surface area (Å²) >= 11 is 6.02. The van der Waals surface area contributed by atoms with Crippen molar-refractivity contribution < 1.29 is 9.90 Å². The smallest absolute Gasteiger partial charge is 0.271 e. The van der Waals surface area contributed by atoms with Gasteiger partial charge in [0.1, 0.15) is 11.5 Å². The normalized spacial score (nSPS) is 13.5. The lowest BCUT2D eigenvalue weighted by atomic mass is 9.80. The molecule has 1 aromatic rings. The molecule has 1 amide bonds. The monoisotopic (exact) mass is 327 g/mol. The number of nitrogens with zero attached hydrogens (tertiary/aromatic N) is 2. The first kappa shape index (κ1) is 18.8. The fraction of sp³-hybridized carbons (Fsp3) is 0.688. The van der Waals surface area contributed by atoms with Gasteiger partial charge >= 0.3 is 0 Å². The number of hydrogen-bond acceptors (Lipinski definition) is 4. The molecule has 0 radical (unpaired) electrons. The van der Waals surface area contributed by atoms with Crippen molar-refractivity contribution in [1.82, 2.24) is 15.3 Å². The van der Waals surface area contributed by atoms with Crippen LogP contribution in [0.2, 0.25) is 5.02 Å². The molecule has 0 fully saturated rings. The van der Waals surface area contributed by atoms with Crippen LogP contribution in [0.25, 0.3) is 0 Å². The van der Waals surface area contributed by atoms with Crippen molar-refractivity contribution in [2.45, 2.75) is 53.6 Å². The van der Waals surface area contributed by atoms with Crippen molar-refractivity contribution >= 4 is 17.5 Å². The minimum Gasteiger partial charge on any atom is -0.392 e. The summed E-state index contributed by atoms with van der Waals surface area (Å²) in [6, 6.07) is 0. The highest BCUT2D eigenvalue weighted by Crippen LogP contribution is 2.25. The Balaban J connectivity index is 2.84. The largest absolute Gasteiger partial charge is 0.392 e. The third-order valence-corrected chi connectivity index (χ3v) is 3.91. The molecule has 0 spiro atoms. The standard InChI is InChI=1S/C16H26ClN3O2/c1-9(2)13(21)16(5,6)8-19-15(22)12-11(17)7-18-14(20-12)10(3)4/h7,9-10,13,21H,8H2,1-6H3,(H,19,22). The Morgan fingerprint density at radius 1 is 1.36 bits per heavy atom. The maximum absolute atomic E-state index is 12.3. The number of rotatable bonds is 6. The van der Waals surface area contributed by atoms with Gasteiger partial charge in [0.2, 0.25) is 0 Å². The van der Waals surface area contributed by atoms with Gasteiger partial charge in [-0.3, -0.25) is 4.79 Å². The van der Waals surface area contributed by atoms with Gasteiger partial charge in [-0.2, -0.15) is 0 Å². The van der Waals surface area contributed by atoms with Crippen LogP contribution in [0.5, 0.6) is 0 Å². The average Bonchev–Trinajstić information content (AvgIpc) is 2.44. The summed E-state index contributed by atoms with van der Waals surface area (Å²) in [6.07, 6.45) is 0.937. The predicted octanol–water partition coefficient (Wildman–Crippen LogP) is 3.03. The van der Waals surface area contributed by atoms with E-state index < -0.39 is 11.5 Å². The van der Waals surface area contributed by atoms with E-state index in [4.69, 9.17) is 11.6 Å². The van der Waals surface area contributed by atoms with Crippen molar-refractivity contribution in [1.29, 1.82) is 0 Å². The van der Waals surface area contributed by atoms with E-state index in [1.807, 2.05) is 41.5 Å². The molecule has 2 N–H and O–H groups in total. The van der Waals surface area contributed by atoms with Crippen LogP contribution in [-0.2, 0) is 0 Å². The van der Waals surface area contributed by atoms with E-state index in [9.17, 15) is 9.90 Å². The molecule has 1 heterocycles. The van der Waals surface area contributed by atoms with Crippen LogP contribution in [-0.4, -0.2) is 33.6 Å². The summed E-state index contributed by atoms with van der Waals surface area (Å²) in [6.45, 7) is 12.0. The quantitative estimate of drug-likeness (QED) is 0.842. The molecule has 1 unspecified atom stereocenters. The summed E-state index contributed by atoms with van der Waals surface area (Å²) < 4.78 is 0. The molecular formula is C16H26ClN3O2. The van der Waals surface area contributed by atoms with Gasteiger partial charge in [-0.1, -0.05) is 53.1 Å². The number of nitrogens with one attached hydrogen (secondary N) is 1. The molecule has 1 atom stereocenters. The van der Waals surface area contributed by atoms with E-state index in [1.165, 1.54) is 6.20 Å². The van der Waals surface area contributed by atoms with Gasteiger partial charge in [0.05, 0.1) is 17.3 Å². The first-order valence-electron chi connectivity index (χ1n) is 7.55. The van der Waals surface area contributed by atoms with Gasteiger partial charge in [0.25, 0.3) is 5.91 Å². The number of halogens is 1. The number of aliphatic hydroxyl groups is 1. The van der Waals surface area contributed by atoms with Crippen molar-refractivity contribution in [2.24, 2.45) is 11.3 Å². The van der Waals surface area contributed by atoms with Crippen molar-refractivity contribution in [3.8, 4) is 0 Å². The third-order valence-electron chi connectivity index (χ3n) is 3.63. The highest BCUT2D eigenvalue weighted by Gasteiger charge is 2.31. The van der Waals surface area contributed by atoms with E-state index in [0.29, 0.717) is 12.4 Å². The molecule has 5 nitrogen and oxygen atoms in total. The Bertz CT molecular complexity index is 530. The topological polar surface area (TPSA) is 75.1 Å². The Labute approximate surface area is 137 Å². The summed E-state index contributed by atoms with van der Waals surface area (Å²) in [5.74, 6) is 0.458. The lowest BCUT2D eigenvalue weighted by Crippen LogP contribution is -2.43. The average molecular weight is 328 g/mol. The van der Waals surface area contributed by atoms with E-state index in [-0.39, 0.29) is 28.5 Å².